The molecule has 1 aromatic carbocycles. The first-order valence-corrected chi connectivity index (χ1v) is 9.01. The number of benzene rings is 1. The number of nitrogens with zero attached hydrogens (tertiary/aromatic N) is 1. The van der Waals surface area contributed by atoms with Crippen LogP contribution in [-0.2, 0) is 4.79 Å². The molecule has 0 saturated carbocycles. The average Bonchev–Trinajstić information content (AvgIpc) is 2.38. The van der Waals surface area contributed by atoms with Gasteiger partial charge in [0.2, 0.25) is 35.0 Å². The van der Waals surface area contributed by atoms with Gasteiger partial charge in [0.1, 0.15) is 0 Å². The highest BCUT2D eigenvalue weighted by Gasteiger charge is 2.34. The van der Waals surface area contributed by atoms with E-state index in [9.17, 15) is 26.7 Å². The van der Waals surface area contributed by atoms with Gasteiger partial charge >= 0.3 is 0 Å². The molecule has 0 N–H and O–H groups in total. The minimum Gasteiger partial charge on any atom is -0.538 e. The molecule has 1 amide bonds. The minimum atomic E-state index is -2.93. The fourth-order valence-electron chi connectivity index (χ4n) is 1.67. The standard InChI is InChI=1S/C12H14F5NO2Si/c1-6(19)18(2)5-21(3,4)20-12-10(16)8(14)7(13)9(15)11(12)17/h5H2,1-4H3. The smallest absolute Gasteiger partial charge is 0.264 e. The lowest BCUT2D eigenvalue weighted by Gasteiger charge is -2.29. The molecule has 1 rings (SSSR count). The lowest BCUT2D eigenvalue weighted by atomic mass is 10.3. The highest BCUT2D eigenvalue weighted by atomic mass is 28.4. The summed E-state index contributed by atoms with van der Waals surface area (Å²) < 4.78 is 71.2. The number of hydrogen-bond acceptors (Lipinski definition) is 2. The molecule has 0 aliphatic rings. The van der Waals surface area contributed by atoms with E-state index in [1.54, 1.807) is 0 Å². The first-order valence-electron chi connectivity index (χ1n) is 5.90. The van der Waals surface area contributed by atoms with E-state index >= 15 is 0 Å². The summed E-state index contributed by atoms with van der Waals surface area (Å²) in [4.78, 5) is 12.4. The van der Waals surface area contributed by atoms with Crippen molar-refractivity contribution >= 4 is 14.2 Å². The first-order chi connectivity index (χ1) is 9.48. The fraction of sp³-hybridized carbons (Fsp3) is 0.417. The lowest BCUT2D eigenvalue weighted by Crippen LogP contribution is -2.48. The Hall–Kier alpha value is -1.64. The van der Waals surface area contributed by atoms with Crippen molar-refractivity contribution < 1.29 is 31.2 Å². The molecule has 0 spiro atoms. The van der Waals surface area contributed by atoms with E-state index in [1.807, 2.05) is 0 Å². The molecular formula is C12H14F5NO2Si. The Morgan fingerprint density at radius 2 is 1.38 bits per heavy atom. The summed E-state index contributed by atoms with van der Waals surface area (Å²) in [5.41, 5.74) is 0. The predicted octanol–water partition coefficient (Wildman–Crippen LogP) is 2.98. The van der Waals surface area contributed by atoms with Gasteiger partial charge in [-0.2, -0.15) is 8.78 Å². The number of halogens is 5. The molecule has 0 atom stereocenters. The van der Waals surface area contributed by atoms with Crippen molar-refractivity contribution in [3.8, 4) is 5.75 Å². The van der Waals surface area contributed by atoms with Crippen LogP contribution in [0.25, 0.3) is 0 Å². The van der Waals surface area contributed by atoms with Crippen molar-refractivity contribution in [3.63, 3.8) is 0 Å². The van der Waals surface area contributed by atoms with Crippen LogP contribution in [0.4, 0.5) is 22.0 Å². The Kier molecular flexibility index (Phi) is 4.97. The van der Waals surface area contributed by atoms with Crippen LogP contribution in [0.5, 0.6) is 5.75 Å². The summed E-state index contributed by atoms with van der Waals surface area (Å²) in [5, 5.41) is 0. The molecule has 0 aliphatic heterocycles. The Morgan fingerprint density at radius 1 is 1.00 bits per heavy atom. The molecular weight excluding hydrogens is 313 g/mol. The van der Waals surface area contributed by atoms with Crippen molar-refractivity contribution in [1.82, 2.24) is 4.90 Å². The Morgan fingerprint density at radius 3 is 1.76 bits per heavy atom. The minimum absolute atomic E-state index is 0.0296. The van der Waals surface area contributed by atoms with Crippen molar-refractivity contribution in [1.29, 1.82) is 0 Å². The summed E-state index contributed by atoms with van der Waals surface area (Å²) >= 11 is 0. The number of amides is 1. The van der Waals surface area contributed by atoms with E-state index < -0.39 is 43.2 Å². The maximum absolute atomic E-state index is 13.5. The normalized spacial score (nSPS) is 11.5. The Balaban J connectivity index is 3.16. The predicted molar refractivity (Wildman–Crippen MR) is 67.7 cm³/mol. The van der Waals surface area contributed by atoms with Crippen LogP contribution in [0.2, 0.25) is 13.1 Å². The second kappa shape index (κ2) is 6.00. The zero-order valence-corrected chi connectivity index (χ0v) is 12.9. The molecule has 0 fully saturated rings. The molecule has 9 heteroatoms. The Bertz CT molecular complexity index is 550. The van der Waals surface area contributed by atoms with Gasteiger partial charge in [0.05, 0.1) is 0 Å². The van der Waals surface area contributed by atoms with Gasteiger partial charge < -0.3 is 9.33 Å². The van der Waals surface area contributed by atoms with Crippen molar-refractivity contribution in [2.24, 2.45) is 0 Å². The number of hydrogen-bond donors (Lipinski definition) is 0. The van der Waals surface area contributed by atoms with Gasteiger partial charge in [-0.3, -0.25) is 4.79 Å². The number of carbonyl (C=O) groups excluding carboxylic acids is 1. The molecule has 0 unspecified atom stereocenters. The van der Waals surface area contributed by atoms with Crippen LogP contribution in [0.1, 0.15) is 6.92 Å². The number of rotatable bonds is 4. The third kappa shape index (κ3) is 3.72. The number of carbonyl (C=O) groups is 1. The monoisotopic (exact) mass is 327 g/mol. The summed E-state index contributed by atoms with van der Waals surface area (Å²) in [6, 6.07) is 0. The molecule has 0 saturated heterocycles. The molecule has 0 radical (unpaired) electrons. The Labute approximate surface area is 119 Å². The van der Waals surface area contributed by atoms with E-state index in [0.717, 1.165) is 0 Å². The molecule has 0 aromatic heterocycles. The maximum Gasteiger partial charge on any atom is 0.264 e. The van der Waals surface area contributed by atoms with Crippen LogP contribution in [-0.4, -0.2) is 32.3 Å². The summed E-state index contributed by atoms with van der Waals surface area (Å²) in [6.45, 7) is 4.26. The molecule has 0 heterocycles. The molecule has 118 valence electrons. The topological polar surface area (TPSA) is 29.5 Å². The van der Waals surface area contributed by atoms with Gasteiger partial charge in [-0.25, -0.2) is 13.2 Å². The molecule has 3 nitrogen and oxygen atoms in total. The van der Waals surface area contributed by atoms with Gasteiger partial charge in [-0.1, -0.05) is 0 Å². The van der Waals surface area contributed by atoms with E-state index in [1.165, 1.54) is 32.0 Å². The van der Waals surface area contributed by atoms with Gasteiger partial charge in [0, 0.05) is 20.1 Å². The zero-order valence-electron chi connectivity index (χ0n) is 11.9. The van der Waals surface area contributed by atoms with Crippen molar-refractivity contribution in [3.05, 3.63) is 29.1 Å². The van der Waals surface area contributed by atoms with Crippen LogP contribution < -0.4 is 4.43 Å². The second-order valence-electron chi connectivity index (χ2n) is 5.14. The average molecular weight is 327 g/mol. The van der Waals surface area contributed by atoms with E-state index in [4.69, 9.17) is 4.43 Å². The SMILES string of the molecule is CC(=O)N(C)C[Si](C)(C)Oc1c(F)c(F)c(F)c(F)c1F. The first kappa shape index (κ1) is 17.4. The molecule has 21 heavy (non-hydrogen) atoms. The summed E-state index contributed by atoms with van der Waals surface area (Å²) in [5.74, 6) is -12.0. The van der Waals surface area contributed by atoms with Gasteiger partial charge in [0.15, 0.2) is 5.75 Å². The van der Waals surface area contributed by atoms with Crippen molar-refractivity contribution in [2.75, 3.05) is 13.2 Å². The lowest BCUT2D eigenvalue weighted by molar-refractivity contribution is -0.126. The van der Waals surface area contributed by atoms with E-state index in [2.05, 4.69) is 0 Å². The molecule has 1 aromatic rings. The highest BCUT2D eigenvalue weighted by Crippen LogP contribution is 2.31. The van der Waals surface area contributed by atoms with E-state index in [-0.39, 0.29) is 12.1 Å². The highest BCUT2D eigenvalue weighted by molar-refractivity contribution is 6.72. The van der Waals surface area contributed by atoms with Crippen molar-refractivity contribution in [2.45, 2.75) is 20.0 Å². The second-order valence-corrected chi connectivity index (χ2v) is 9.18. The van der Waals surface area contributed by atoms with Gasteiger partial charge in [-0.15, -0.1) is 0 Å². The summed E-state index contributed by atoms with van der Waals surface area (Å²) in [7, 11) is -1.48. The zero-order chi connectivity index (χ0) is 16.5. The third-order valence-corrected chi connectivity index (χ3v) is 4.70. The summed E-state index contributed by atoms with van der Waals surface area (Å²) in [6.07, 6.45) is 0.0296. The van der Waals surface area contributed by atoms with Crippen LogP contribution in [0, 0.1) is 29.1 Å². The maximum atomic E-state index is 13.5. The fourth-order valence-corrected chi connectivity index (χ4v) is 3.83. The van der Waals surface area contributed by atoms with Gasteiger partial charge in [-0.05, 0) is 13.1 Å². The van der Waals surface area contributed by atoms with E-state index in [0.29, 0.717) is 0 Å². The van der Waals surface area contributed by atoms with Crippen LogP contribution in [0.15, 0.2) is 0 Å². The molecule has 0 aliphatic carbocycles. The van der Waals surface area contributed by atoms with Gasteiger partial charge in [0.25, 0.3) is 8.32 Å². The third-order valence-electron chi connectivity index (χ3n) is 2.70. The largest absolute Gasteiger partial charge is 0.538 e. The van der Waals surface area contributed by atoms with Crippen LogP contribution >= 0.6 is 0 Å². The molecule has 0 bridgehead atoms. The van der Waals surface area contributed by atoms with Crippen LogP contribution in [0.3, 0.4) is 0 Å². The quantitative estimate of drug-likeness (QED) is 0.368.